The second kappa shape index (κ2) is 6.59. The molecule has 1 saturated carbocycles. The standard InChI is InChI=1S/C20H21N3O2/c1-25-16-8-6-15(7-9-16)12-23-13-17(19-18(23)3-2-10-21-19)20(24)22-11-14-4-5-14/h2-3,6-10,13-14H,4-5,11-12H2,1H3,(H,22,24). The van der Waals surface area contributed by atoms with Gasteiger partial charge in [0.05, 0.1) is 18.2 Å². The van der Waals surface area contributed by atoms with Crippen molar-refractivity contribution < 1.29 is 9.53 Å². The number of hydrogen-bond acceptors (Lipinski definition) is 3. The van der Waals surface area contributed by atoms with E-state index in [4.69, 9.17) is 4.74 Å². The van der Waals surface area contributed by atoms with Crippen molar-refractivity contribution in [3.8, 4) is 5.75 Å². The molecule has 1 N–H and O–H groups in total. The van der Waals surface area contributed by atoms with Crippen LogP contribution in [0.3, 0.4) is 0 Å². The monoisotopic (exact) mass is 335 g/mol. The number of rotatable bonds is 6. The number of ether oxygens (including phenoxy) is 1. The number of carbonyl (C=O) groups is 1. The molecule has 128 valence electrons. The van der Waals surface area contributed by atoms with Crippen LogP contribution in [-0.2, 0) is 6.54 Å². The average molecular weight is 335 g/mol. The van der Waals surface area contributed by atoms with Crippen molar-refractivity contribution in [2.75, 3.05) is 13.7 Å². The van der Waals surface area contributed by atoms with Gasteiger partial charge in [-0.3, -0.25) is 9.78 Å². The van der Waals surface area contributed by atoms with Crippen LogP contribution in [0.15, 0.2) is 48.8 Å². The van der Waals surface area contributed by atoms with Crippen LogP contribution in [0.4, 0.5) is 0 Å². The van der Waals surface area contributed by atoms with Crippen LogP contribution in [0.1, 0.15) is 28.8 Å². The van der Waals surface area contributed by atoms with Crippen molar-refractivity contribution in [3.63, 3.8) is 0 Å². The number of fused-ring (bicyclic) bond motifs is 1. The first-order chi connectivity index (χ1) is 12.2. The van der Waals surface area contributed by atoms with Gasteiger partial charge in [0.1, 0.15) is 11.3 Å². The lowest BCUT2D eigenvalue weighted by Gasteiger charge is -2.06. The number of amides is 1. The number of hydrogen-bond donors (Lipinski definition) is 1. The highest BCUT2D eigenvalue weighted by molar-refractivity contribution is 6.05. The molecule has 5 heteroatoms. The van der Waals surface area contributed by atoms with E-state index in [1.165, 1.54) is 12.8 Å². The third-order valence-corrected chi connectivity index (χ3v) is 4.64. The molecule has 4 rings (SSSR count). The van der Waals surface area contributed by atoms with Crippen LogP contribution in [0, 0.1) is 5.92 Å². The largest absolute Gasteiger partial charge is 0.497 e. The molecule has 0 saturated heterocycles. The smallest absolute Gasteiger partial charge is 0.255 e. The lowest BCUT2D eigenvalue weighted by atomic mass is 10.2. The summed E-state index contributed by atoms with van der Waals surface area (Å²) in [4.78, 5) is 17.0. The predicted octanol–water partition coefficient (Wildman–Crippen LogP) is 3.23. The molecule has 1 fully saturated rings. The van der Waals surface area contributed by atoms with E-state index in [9.17, 15) is 4.79 Å². The van der Waals surface area contributed by atoms with Gasteiger partial charge in [0, 0.05) is 25.5 Å². The Balaban J connectivity index is 1.62. The Kier molecular flexibility index (Phi) is 4.14. The van der Waals surface area contributed by atoms with E-state index in [2.05, 4.69) is 14.9 Å². The number of aromatic nitrogens is 2. The number of benzene rings is 1. The second-order valence-electron chi connectivity index (χ2n) is 6.54. The van der Waals surface area contributed by atoms with Crippen LogP contribution < -0.4 is 10.1 Å². The molecule has 2 heterocycles. The minimum atomic E-state index is -0.0379. The van der Waals surface area contributed by atoms with Crippen molar-refractivity contribution in [1.82, 2.24) is 14.9 Å². The maximum atomic E-state index is 12.6. The third-order valence-electron chi connectivity index (χ3n) is 4.64. The van der Waals surface area contributed by atoms with Gasteiger partial charge >= 0.3 is 0 Å². The molecule has 0 bridgehead atoms. The summed E-state index contributed by atoms with van der Waals surface area (Å²) in [5, 5.41) is 3.04. The minimum absolute atomic E-state index is 0.0379. The van der Waals surface area contributed by atoms with Gasteiger partial charge in [-0.05, 0) is 48.6 Å². The van der Waals surface area contributed by atoms with E-state index >= 15 is 0 Å². The highest BCUT2D eigenvalue weighted by Gasteiger charge is 2.23. The molecule has 25 heavy (non-hydrogen) atoms. The van der Waals surface area contributed by atoms with E-state index in [1.54, 1.807) is 13.3 Å². The van der Waals surface area contributed by atoms with E-state index in [1.807, 2.05) is 42.6 Å². The van der Waals surface area contributed by atoms with Crippen LogP contribution in [0.25, 0.3) is 11.0 Å². The Bertz CT molecular complexity index is 895. The summed E-state index contributed by atoms with van der Waals surface area (Å²) in [7, 11) is 1.66. The normalized spacial score (nSPS) is 13.8. The average Bonchev–Trinajstić information content (AvgIpc) is 3.42. The first kappa shape index (κ1) is 15.7. The molecule has 1 aliphatic carbocycles. The summed E-state index contributed by atoms with van der Waals surface area (Å²) in [5.74, 6) is 1.46. The molecule has 0 unspecified atom stereocenters. The summed E-state index contributed by atoms with van der Waals surface area (Å²) >= 11 is 0. The fraction of sp³-hybridized carbons (Fsp3) is 0.300. The zero-order chi connectivity index (χ0) is 17.2. The molecular weight excluding hydrogens is 314 g/mol. The lowest BCUT2D eigenvalue weighted by Crippen LogP contribution is -2.25. The van der Waals surface area contributed by atoms with Crippen molar-refractivity contribution in [2.24, 2.45) is 5.92 Å². The fourth-order valence-electron chi connectivity index (χ4n) is 3.00. The summed E-state index contributed by atoms with van der Waals surface area (Å²) in [5.41, 5.74) is 3.51. The second-order valence-corrected chi connectivity index (χ2v) is 6.54. The van der Waals surface area contributed by atoms with Gasteiger partial charge in [-0.2, -0.15) is 0 Å². The molecule has 1 amide bonds. The van der Waals surface area contributed by atoms with Gasteiger partial charge in [-0.15, -0.1) is 0 Å². The number of carbonyl (C=O) groups excluding carboxylic acids is 1. The molecular formula is C20H21N3O2. The van der Waals surface area contributed by atoms with Crippen molar-refractivity contribution >= 4 is 16.9 Å². The lowest BCUT2D eigenvalue weighted by molar-refractivity contribution is 0.0953. The van der Waals surface area contributed by atoms with Crippen molar-refractivity contribution in [1.29, 1.82) is 0 Å². The van der Waals surface area contributed by atoms with Gasteiger partial charge in [0.25, 0.3) is 5.91 Å². The molecule has 1 aromatic carbocycles. The Morgan fingerprint density at radius 1 is 1.28 bits per heavy atom. The Labute approximate surface area is 146 Å². The fourth-order valence-corrected chi connectivity index (χ4v) is 3.00. The molecule has 5 nitrogen and oxygen atoms in total. The predicted molar refractivity (Wildman–Crippen MR) is 96.9 cm³/mol. The first-order valence-electron chi connectivity index (χ1n) is 8.59. The maximum absolute atomic E-state index is 12.6. The molecule has 0 aliphatic heterocycles. The molecule has 2 aromatic heterocycles. The first-order valence-corrected chi connectivity index (χ1v) is 8.59. The molecule has 0 atom stereocenters. The van der Waals surface area contributed by atoms with Crippen LogP contribution in [-0.4, -0.2) is 29.1 Å². The Morgan fingerprint density at radius 3 is 2.80 bits per heavy atom. The number of nitrogens with zero attached hydrogens (tertiary/aromatic N) is 2. The highest BCUT2D eigenvalue weighted by atomic mass is 16.5. The zero-order valence-electron chi connectivity index (χ0n) is 14.2. The van der Waals surface area contributed by atoms with Gasteiger partial charge in [-0.1, -0.05) is 12.1 Å². The van der Waals surface area contributed by atoms with Crippen LogP contribution >= 0.6 is 0 Å². The third kappa shape index (κ3) is 3.36. The minimum Gasteiger partial charge on any atom is -0.497 e. The summed E-state index contributed by atoms with van der Waals surface area (Å²) < 4.78 is 7.29. The SMILES string of the molecule is COc1ccc(Cn2cc(C(=O)NCC3CC3)c3ncccc32)cc1. The summed E-state index contributed by atoms with van der Waals surface area (Å²) in [6, 6.07) is 11.9. The summed E-state index contributed by atoms with van der Waals surface area (Å²) in [6.45, 7) is 1.44. The van der Waals surface area contributed by atoms with Gasteiger partial charge < -0.3 is 14.6 Å². The van der Waals surface area contributed by atoms with E-state index in [0.29, 0.717) is 18.0 Å². The van der Waals surface area contributed by atoms with E-state index in [-0.39, 0.29) is 5.91 Å². The van der Waals surface area contributed by atoms with E-state index < -0.39 is 0 Å². The number of pyridine rings is 1. The number of nitrogens with one attached hydrogen (secondary N) is 1. The van der Waals surface area contributed by atoms with Crippen LogP contribution in [0.2, 0.25) is 0 Å². The quantitative estimate of drug-likeness (QED) is 0.752. The van der Waals surface area contributed by atoms with Crippen molar-refractivity contribution in [3.05, 3.63) is 59.9 Å². The Morgan fingerprint density at radius 2 is 2.08 bits per heavy atom. The molecule has 0 spiro atoms. The van der Waals surface area contributed by atoms with E-state index in [0.717, 1.165) is 28.9 Å². The topological polar surface area (TPSA) is 56.1 Å². The number of methoxy groups -OCH3 is 1. The Hall–Kier alpha value is -2.82. The maximum Gasteiger partial charge on any atom is 0.255 e. The molecule has 0 radical (unpaired) electrons. The van der Waals surface area contributed by atoms with Crippen LogP contribution in [0.5, 0.6) is 5.75 Å². The van der Waals surface area contributed by atoms with Gasteiger partial charge in [0.15, 0.2) is 0 Å². The van der Waals surface area contributed by atoms with Crippen molar-refractivity contribution in [2.45, 2.75) is 19.4 Å². The van der Waals surface area contributed by atoms with Gasteiger partial charge in [0.2, 0.25) is 0 Å². The molecule has 1 aliphatic rings. The van der Waals surface area contributed by atoms with Gasteiger partial charge in [-0.25, -0.2) is 0 Å². The summed E-state index contributed by atoms with van der Waals surface area (Å²) in [6.07, 6.45) is 6.08. The highest BCUT2D eigenvalue weighted by Crippen LogP contribution is 2.28. The zero-order valence-corrected chi connectivity index (χ0v) is 14.2. The molecule has 3 aromatic rings.